The van der Waals surface area contributed by atoms with E-state index < -0.39 is 0 Å². The van der Waals surface area contributed by atoms with Gasteiger partial charge in [-0.15, -0.1) is 0 Å². The number of anilines is 1. The van der Waals surface area contributed by atoms with E-state index in [1.807, 2.05) is 0 Å². The van der Waals surface area contributed by atoms with Gasteiger partial charge in [0.25, 0.3) is 0 Å². The highest BCUT2D eigenvalue weighted by molar-refractivity contribution is 9.10. The summed E-state index contributed by atoms with van der Waals surface area (Å²) >= 11 is 3.54. The minimum atomic E-state index is 0.123. The van der Waals surface area contributed by atoms with Crippen LogP contribution in [-0.4, -0.2) is 44.0 Å². The van der Waals surface area contributed by atoms with E-state index in [1.54, 1.807) is 19.0 Å². The van der Waals surface area contributed by atoms with Crippen molar-refractivity contribution in [1.29, 1.82) is 0 Å². The molecule has 0 saturated heterocycles. The second-order valence-corrected chi connectivity index (χ2v) is 6.65. The van der Waals surface area contributed by atoms with Crippen molar-refractivity contribution < 1.29 is 4.79 Å². The third-order valence-corrected chi connectivity index (χ3v) is 4.25. The van der Waals surface area contributed by atoms with Gasteiger partial charge in [-0.25, -0.2) is 0 Å². The monoisotopic (exact) mass is 353 g/mol. The average molecular weight is 354 g/mol. The molecule has 5 heteroatoms. The van der Waals surface area contributed by atoms with Crippen LogP contribution in [0.5, 0.6) is 0 Å². The van der Waals surface area contributed by atoms with Gasteiger partial charge in [-0.2, -0.15) is 0 Å². The molecule has 1 aliphatic rings. The molecular formula is C16H24BrN3O. The van der Waals surface area contributed by atoms with Gasteiger partial charge in [0.15, 0.2) is 0 Å². The highest BCUT2D eigenvalue weighted by Crippen LogP contribution is 2.27. The first-order valence-corrected chi connectivity index (χ1v) is 8.27. The zero-order valence-corrected chi connectivity index (χ0v) is 14.6. The minimum absolute atomic E-state index is 0.123. The number of amides is 1. The first kappa shape index (κ1) is 16.3. The van der Waals surface area contributed by atoms with Crippen molar-refractivity contribution in [2.45, 2.75) is 32.4 Å². The summed E-state index contributed by atoms with van der Waals surface area (Å²) in [6.07, 6.45) is 2.56. The summed E-state index contributed by atoms with van der Waals surface area (Å²) < 4.78 is 1.04. The fourth-order valence-electron chi connectivity index (χ4n) is 2.19. The van der Waals surface area contributed by atoms with E-state index in [-0.39, 0.29) is 5.91 Å². The third kappa shape index (κ3) is 4.71. The summed E-state index contributed by atoms with van der Waals surface area (Å²) in [7, 11) is 3.60. The van der Waals surface area contributed by atoms with Gasteiger partial charge in [-0.1, -0.05) is 22.0 Å². The number of nitrogens with one attached hydrogen (secondary N) is 1. The summed E-state index contributed by atoms with van der Waals surface area (Å²) in [5.41, 5.74) is 2.38. The van der Waals surface area contributed by atoms with E-state index in [0.717, 1.165) is 23.2 Å². The number of carbonyl (C=O) groups is 1. The molecule has 1 saturated carbocycles. The van der Waals surface area contributed by atoms with Gasteiger partial charge >= 0.3 is 0 Å². The van der Waals surface area contributed by atoms with E-state index in [1.165, 1.54) is 18.4 Å². The smallest absolute Gasteiger partial charge is 0.241 e. The van der Waals surface area contributed by atoms with Crippen molar-refractivity contribution >= 4 is 27.5 Å². The number of benzene rings is 1. The lowest BCUT2D eigenvalue weighted by Crippen LogP contribution is -2.37. The first-order valence-electron chi connectivity index (χ1n) is 7.48. The van der Waals surface area contributed by atoms with E-state index in [9.17, 15) is 4.79 Å². The summed E-state index contributed by atoms with van der Waals surface area (Å²) in [5.74, 6) is 0.123. The fourth-order valence-corrected chi connectivity index (χ4v) is 2.54. The molecule has 1 amide bonds. The topological polar surface area (TPSA) is 35.6 Å². The van der Waals surface area contributed by atoms with Crippen molar-refractivity contribution in [2.24, 2.45) is 0 Å². The molecule has 1 fully saturated rings. The summed E-state index contributed by atoms with van der Waals surface area (Å²) in [6.45, 7) is 4.17. The lowest BCUT2D eigenvalue weighted by atomic mass is 10.1. The van der Waals surface area contributed by atoms with Crippen LogP contribution >= 0.6 is 15.9 Å². The number of hydrogen-bond donors (Lipinski definition) is 1. The van der Waals surface area contributed by atoms with Crippen LogP contribution in [0.15, 0.2) is 22.7 Å². The van der Waals surface area contributed by atoms with E-state index >= 15 is 0 Å². The highest BCUT2D eigenvalue weighted by atomic mass is 79.9. The largest absolute Gasteiger partial charge is 0.362 e. The Kier molecular flexibility index (Phi) is 5.65. The van der Waals surface area contributed by atoms with Crippen LogP contribution in [0.4, 0.5) is 5.69 Å². The second-order valence-electron chi connectivity index (χ2n) is 5.73. The highest BCUT2D eigenvalue weighted by Gasteiger charge is 2.21. The molecule has 116 valence electrons. The van der Waals surface area contributed by atoms with Crippen LogP contribution < -0.4 is 10.2 Å². The SMILES string of the molecule is CCN(CC(=O)N(C)C)c1cc(Br)ccc1CNC1CC1. The van der Waals surface area contributed by atoms with Crippen molar-refractivity contribution in [3.8, 4) is 0 Å². The molecule has 0 aromatic heterocycles. The molecule has 1 aliphatic carbocycles. The molecule has 0 aliphatic heterocycles. The van der Waals surface area contributed by atoms with E-state index in [0.29, 0.717) is 12.6 Å². The third-order valence-electron chi connectivity index (χ3n) is 3.75. The molecule has 0 heterocycles. The van der Waals surface area contributed by atoms with Crippen molar-refractivity contribution in [1.82, 2.24) is 10.2 Å². The van der Waals surface area contributed by atoms with Crippen LogP contribution in [0, 0.1) is 0 Å². The van der Waals surface area contributed by atoms with Crippen LogP contribution in [0.25, 0.3) is 0 Å². The van der Waals surface area contributed by atoms with E-state index in [2.05, 4.69) is 51.3 Å². The predicted molar refractivity (Wildman–Crippen MR) is 90.6 cm³/mol. The lowest BCUT2D eigenvalue weighted by Gasteiger charge is -2.27. The standard InChI is InChI=1S/C16H24BrN3O/c1-4-20(11-16(21)19(2)3)15-9-13(17)6-5-12(15)10-18-14-7-8-14/h5-6,9,14,18H,4,7-8,10-11H2,1-3H3. The second kappa shape index (κ2) is 7.27. The Morgan fingerprint density at radius 1 is 1.38 bits per heavy atom. The maximum atomic E-state index is 12.0. The van der Waals surface area contributed by atoms with Crippen LogP contribution in [0.1, 0.15) is 25.3 Å². The molecule has 1 aromatic rings. The molecule has 0 radical (unpaired) electrons. The molecule has 0 bridgehead atoms. The van der Waals surface area contributed by atoms with E-state index in [4.69, 9.17) is 0 Å². The summed E-state index contributed by atoms with van der Waals surface area (Å²) in [4.78, 5) is 15.8. The molecule has 2 rings (SSSR count). The maximum absolute atomic E-state index is 12.0. The van der Waals surface area contributed by atoms with Gasteiger partial charge in [0.1, 0.15) is 0 Å². The van der Waals surface area contributed by atoms with Gasteiger partial charge in [-0.05, 0) is 37.5 Å². The van der Waals surface area contributed by atoms with Crippen LogP contribution in [0.3, 0.4) is 0 Å². The minimum Gasteiger partial charge on any atom is -0.362 e. The number of halogens is 1. The summed E-state index contributed by atoms with van der Waals surface area (Å²) in [6, 6.07) is 6.99. The Morgan fingerprint density at radius 2 is 2.10 bits per heavy atom. The predicted octanol–water partition coefficient (Wildman–Crippen LogP) is 2.62. The molecule has 0 unspecified atom stereocenters. The van der Waals surface area contributed by atoms with Gasteiger partial charge in [0.05, 0.1) is 6.54 Å². The number of carbonyl (C=O) groups excluding carboxylic acids is 1. The lowest BCUT2D eigenvalue weighted by molar-refractivity contribution is -0.127. The number of nitrogens with zero attached hydrogens (tertiary/aromatic N) is 2. The van der Waals surface area contributed by atoms with Crippen LogP contribution in [-0.2, 0) is 11.3 Å². The quantitative estimate of drug-likeness (QED) is 0.818. The van der Waals surface area contributed by atoms with Gasteiger partial charge in [-0.3, -0.25) is 4.79 Å². The number of hydrogen-bond acceptors (Lipinski definition) is 3. The molecule has 4 nitrogen and oxygen atoms in total. The molecule has 1 N–H and O–H groups in total. The molecular weight excluding hydrogens is 330 g/mol. The molecule has 0 spiro atoms. The Labute approximate surface area is 135 Å². The Balaban J connectivity index is 2.16. The Hall–Kier alpha value is -1.07. The van der Waals surface area contributed by atoms with Crippen molar-refractivity contribution in [2.75, 3.05) is 32.1 Å². The molecule has 0 atom stereocenters. The van der Waals surface area contributed by atoms with Crippen molar-refractivity contribution in [3.05, 3.63) is 28.2 Å². The Morgan fingerprint density at radius 3 is 2.67 bits per heavy atom. The van der Waals surface area contributed by atoms with Gasteiger partial charge in [0.2, 0.25) is 5.91 Å². The van der Waals surface area contributed by atoms with Gasteiger partial charge in [0, 0.05) is 43.4 Å². The zero-order valence-electron chi connectivity index (χ0n) is 13.0. The molecule has 21 heavy (non-hydrogen) atoms. The number of likely N-dealkylation sites (N-methyl/N-ethyl adjacent to an activating group) is 2. The zero-order chi connectivity index (χ0) is 15.4. The Bertz CT molecular complexity index is 500. The summed E-state index contributed by atoms with van der Waals surface area (Å²) in [5, 5.41) is 3.55. The fraction of sp³-hybridized carbons (Fsp3) is 0.562. The first-order chi connectivity index (χ1) is 10.0. The van der Waals surface area contributed by atoms with Crippen LogP contribution in [0.2, 0.25) is 0 Å². The maximum Gasteiger partial charge on any atom is 0.241 e. The normalized spacial score (nSPS) is 14.1. The molecule has 1 aromatic carbocycles. The number of rotatable bonds is 7. The van der Waals surface area contributed by atoms with Crippen molar-refractivity contribution in [3.63, 3.8) is 0 Å². The van der Waals surface area contributed by atoms with Gasteiger partial charge < -0.3 is 15.1 Å². The average Bonchev–Trinajstić information content (AvgIpc) is 3.27.